The van der Waals surface area contributed by atoms with Crippen molar-refractivity contribution in [3.63, 3.8) is 0 Å². The fourth-order valence-corrected chi connectivity index (χ4v) is 7.96. The minimum atomic E-state index is -4.57. The van der Waals surface area contributed by atoms with Gasteiger partial charge in [-0.15, -0.1) is 0 Å². The van der Waals surface area contributed by atoms with Crippen LogP contribution in [0.15, 0.2) is 94.7 Å². The maximum atomic E-state index is 12.6. The molecule has 332 valence electrons. The number of phenols is 1. The first kappa shape index (κ1) is 54.3. The zero-order valence-electron chi connectivity index (χ0n) is 36.3. The number of hydrogen-bond donors (Lipinski definition) is 2. The number of rotatable bonds is 28. The second kappa shape index (κ2) is 30.3. The van der Waals surface area contributed by atoms with Gasteiger partial charge in [-0.05, 0) is 73.7 Å². The Morgan fingerprint density at radius 2 is 0.885 bits per heavy atom. The monoisotopic (exact) mass is 906 g/mol. The van der Waals surface area contributed by atoms with E-state index in [0.717, 1.165) is 43.7 Å². The van der Waals surface area contributed by atoms with E-state index >= 15 is 0 Å². The van der Waals surface area contributed by atoms with Gasteiger partial charge in [-0.1, -0.05) is 177 Å². The molecule has 0 radical (unpaired) electrons. The molecule has 0 heterocycles. The number of unbranched alkanes of at least 4 members (excludes halogenated alkanes) is 18. The molecule has 0 aromatic heterocycles. The van der Waals surface area contributed by atoms with Crippen molar-refractivity contribution in [1.82, 2.24) is 0 Å². The van der Waals surface area contributed by atoms with Gasteiger partial charge < -0.3 is 24.2 Å². The van der Waals surface area contributed by atoms with Gasteiger partial charge in [-0.2, -0.15) is 8.42 Å². The van der Waals surface area contributed by atoms with Crippen molar-refractivity contribution in [2.75, 3.05) is 0 Å². The molecule has 4 aromatic carbocycles. The van der Waals surface area contributed by atoms with Crippen LogP contribution in [0.1, 0.15) is 153 Å². The molecule has 61 heavy (non-hydrogen) atoms. The molecular formula is C48H66CaO10S2. The van der Waals surface area contributed by atoms with Gasteiger partial charge in [0.2, 0.25) is 0 Å². The van der Waals surface area contributed by atoms with E-state index in [2.05, 4.69) is 13.8 Å². The van der Waals surface area contributed by atoms with Crippen LogP contribution in [0.25, 0.3) is 0 Å². The maximum Gasteiger partial charge on any atom is 2.00 e. The summed E-state index contributed by atoms with van der Waals surface area (Å²) in [6.07, 6.45) is 26.5. The summed E-state index contributed by atoms with van der Waals surface area (Å²) in [5.74, 6) is 0.679. The zero-order chi connectivity index (χ0) is 43.6. The Hall–Kier alpha value is -2.84. The Morgan fingerprint density at radius 1 is 0.508 bits per heavy atom. The van der Waals surface area contributed by atoms with Gasteiger partial charge in [-0.3, -0.25) is 4.55 Å². The van der Waals surface area contributed by atoms with Crippen LogP contribution in [0.4, 0.5) is 0 Å². The summed E-state index contributed by atoms with van der Waals surface area (Å²) in [5, 5.41) is 23.2. The van der Waals surface area contributed by atoms with Crippen molar-refractivity contribution < 1.29 is 45.6 Å². The molecule has 0 unspecified atom stereocenters. The first-order valence-electron chi connectivity index (χ1n) is 21.9. The molecule has 0 saturated heterocycles. The Labute approximate surface area is 396 Å². The standard InChI is InChI=1S/2C24H34O5S.Ca/c2*1-2-3-4-5-6-7-8-9-10-11-14-20-15-12-18-23(24(20)25)29-21-16-13-17-22(19-21)30(26,27)28;/h2*12-13,15-19,25H,2-11,14H2,1H3,(H,26,27,28);/q;;+2/p-2. The van der Waals surface area contributed by atoms with E-state index in [4.69, 9.17) is 14.0 Å². The number of benzene rings is 4. The third-order valence-corrected chi connectivity index (χ3v) is 12.1. The average Bonchev–Trinajstić information content (AvgIpc) is 3.21. The van der Waals surface area contributed by atoms with E-state index in [1.807, 2.05) is 12.1 Å². The topological polar surface area (TPSA) is 173 Å². The van der Waals surface area contributed by atoms with E-state index in [1.54, 1.807) is 30.3 Å². The van der Waals surface area contributed by atoms with Crippen molar-refractivity contribution in [3.8, 4) is 34.5 Å². The van der Waals surface area contributed by atoms with Crippen LogP contribution in [0.3, 0.4) is 0 Å². The Balaban J connectivity index is 0.000000413. The van der Waals surface area contributed by atoms with Gasteiger partial charge in [0, 0.05) is 6.07 Å². The fraction of sp³-hybridized carbons (Fsp3) is 0.500. The summed E-state index contributed by atoms with van der Waals surface area (Å²) in [4.78, 5) is -0.630. The summed E-state index contributed by atoms with van der Waals surface area (Å²) < 4.78 is 76.4. The quantitative estimate of drug-likeness (QED) is 0.0317. The number of ether oxygens (including phenoxy) is 2. The molecule has 0 aliphatic heterocycles. The Kier molecular flexibility index (Phi) is 27.0. The first-order chi connectivity index (χ1) is 28.8. The molecule has 13 heteroatoms. The molecule has 10 nitrogen and oxygen atoms in total. The second-order valence-electron chi connectivity index (χ2n) is 15.5. The molecule has 0 aliphatic rings. The molecule has 4 aromatic rings. The molecule has 0 bridgehead atoms. The van der Waals surface area contributed by atoms with Gasteiger partial charge >= 0.3 is 37.7 Å². The van der Waals surface area contributed by atoms with E-state index in [0.29, 0.717) is 12.0 Å². The van der Waals surface area contributed by atoms with Crippen molar-refractivity contribution in [2.24, 2.45) is 0 Å². The van der Waals surface area contributed by atoms with Crippen molar-refractivity contribution in [3.05, 3.63) is 96.1 Å². The summed E-state index contributed by atoms with van der Waals surface area (Å²) in [7, 11) is -8.88. The predicted molar refractivity (Wildman–Crippen MR) is 242 cm³/mol. The number of para-hydroxylation sites is 2. The number of aromatic hydroxyl groups is 1. The van der Waals surface area contributed by atoms with Crippen LogP contribution >= 0.6 is 0 Å². The third kappa shape index (κ3) is 21.9. The van der Waals surface area contributed by atoms with Gasteiger partial charge in [0.1, 0.15) is 27.4 Å². The van der Waals surface area contributed by atoms with Crippen LogP contribution in [0.5, 0.6) is 34.5 Å². The van der Waals surface area contributed by atoms with Gasteiger partial charge in [0.05, 0.1) is 9.79 Å². The summed E-state index contributed by atoms with van der Waals surface area (Å²) in [5.41, 5.74) is 1.51. The normalized spacial score (nSPS) is 11.3. The van der Waals surface area contributed by atoms with Crippen molar-refractivity contribution in [1.29, 1.82) is 0 Å². The largest absolute Gasteiger partial charge is 2.00 e. The zero-order valence-corrected chi connectivity index (χ0v) is 40.2. The number of aryl methyl sites for hydroxylation is 2. The maximum absolute atomic E-state index is 12.6. The SMILES string of the molecule is CCCCCCCCCCCCc1cccc(Oc2cccc(S(=O)(=O)O)c2)c1O.CCCCCCCCCCCCc1cccc(Oc2cccc(S(=O)(=O)[O-])c2)c1[O-].[Ca+2]. The van der Waals surface area contributed by atoms with E-state index in [9.17, 15) is 31.6 Å². The minimum absolute atomic E-state index is 0. The smallest absolute Gasteiger partial charge is 0.870 e. The number of hydrogen-bond acceptors (Lipinski definition) is 9. The summed E-state index contributed by atoms with van der Waals surface area (Å²) in [6.45, 7) is 4.47. The third-order valence-electron chi connectivity index (χ3n) is 10.4. The molecule has 0 fully saturated rings. The van der Waals surface area contributed by atoms with Crippen molar-refractivity contribution >= 4 is 58.0 Å². The predicted octanol–water partition coefficient (Wildman–Crippen LogP) is 12.4. The van der Waals surface area contributed by atoms with Crippen LogP contribution in [-0.4, -0.2) is 68.8 Å². The van der Waals surface area contributed by atoms with Gasteiger partial charge in [-0.25, -0.2) is 8.42 Å². The Bertz CT molecular complexity index is 1910. The minimum Gasteiger partial charge on any atom is -0.870 e. The molecule has 0 atom stereocenters. The number of phenolic OH excluding ortho intramolecular Hbond substituents is 1. The van der Waals surface area contributed by atoms with Gasteiger partial charge in [0.15, 0.2) is 11.5 Å². The van der Waals surface area contributed by atoms with E-state index < -0.39 is 20.2 Å². The Morgan fingerprint density at radius 3 is 1.36 bits per heavy atom. The molecule has 0 saturated carbocycles. The molecule has 0 amide bonds. The second-order valence-corrected chi connectivity index (χ2v) is 18.3. The summed E-state index contributed by atoms with van der Waals surface area (Å²) >= 11 is 0. The molecule has 0 spiro atoms. The van der Waals surface area contributed by atoms with Crippen LogP contribution in [0, 0.1) is 0 Å². The first-order valence-corrected chi connectivity index (χ1v) is 24.8. The van der Waals surface area contributed by atoms with E-state index in [1.165, 1.54) is 139 Å². The fourth-order valence-electron chi connectivity index (χ4n) is 6.94. The molecular weight excluding hydrogens is 841 g/mol. The van der Waals surface area contributed by atoms with Crippen LogP contribution in [0.2, 0.25) is 0 Å². The van der Waals surface area contributed by atoms with Crippen molar-refractivity contribution in [2.45, 2.75) is 165 Å². The van der Waals surface area contributed by atoms with Crippen LogP contribution < -0.4 is 14.6 Å². The molecule has 4 rings (SSSR count). The average molecular weight is 907 g/mol. The van der Waals surface area contributed by atoms with Gasteiger partial charge in [0.25, 0.3) is 10.1 Å². The van der Waals surface area contributed by atoms with E-state index in [-0.39, 0.29) is 82.0 Å². The molecule has 2 N–H and O–H groups in total. The molecule has 0 aliphatic carbocycles. The summed E-state index contributed by atoms with van der Waals surface area (Å²) in [6, 6.07) is 21.3. The van der Waals surface area contributed by atoms with Crippen LogP contribution in [-0.2, 0) is 33.1 Å².